The van der Waals surface area contributed by atoms with Gasteiger partial charge in [0.1, 0.15) is 6.04 Å². The van der Waals surface area contributed by atoms with E-state index in [2.05, 4.69) is 55.0 Å². The van der Waals surface area contributed by atoms with Crippen molar-refractivity contribution >= 4 is 17.3 Å². The van der Waals surface area contributed by atoms with Crippen LogP contribution in [0.4, 0.5) is 11.4 Å². The molecule has 1 aliphatic rings. The van der Waals surface area contributed by atoms with Gasteiger partial charge in [0.05, 0.1) is 0 Å². The highest BCUT2D eigenvalue weighted by molar-refractivity contribution is 6.03. The Morgan fingerprint density at radius 3 is 2.71 bits per heavy atom. The molecule has 1 amide bonds. The van der Waals surface area contributed by atoms with E-state index in [1.165, 1.54) is 0 Å². The lowest BCUT2D eigenvalue weighted by atomic mass is 10.0. The first-order valence-corrected chi connectivity index (χ1v) is 7.45. The predicted octanol–water partition coefficient (Wildman–Crippen LogP) is 3.08. The normalized spacial score (nSPS) is 17.3. The molecule has 0 spiro atoms. The number of anilines is 2. The number of hydrogen-bond donors (Lipinski definition) is 2. The molecule has 21 heavy (non-hydrogen) atoms. The maximum atomic E-state index is 12.0. The highest BCUT2D eigenvalue weighted by Gasteiger charge is 2.31. The lowest BCUT2D eigenvalue weighted by molar-refractivity contribution is -0.117. The van der Waals surface area contributed by atoms with Crippen molar-refractivity contribution in [3.05, 3.63) is 36.4 Å². The van der Waals surface area contributed by atoms with E-state index in [4.69, 9.17) is 0 Å². The maximum absolute atomic E-state index is 12.0. The topological polar surface area (TPSA) is 44.4 Å². The monoisotopic (exact) mass is 287 g/mol. The summed E-state index contributed by atoms with van der Waals surface area (Å²) in [5, 5.41) is 6.18. The number of hydrogen-bond acceptors (Lipinski definition) is 3. The minimum atomic E-state index is -0.235. The average Bonchev–Trinajstić information content (AvgIpc) is 2.71. The second-order valence-electron chi connectivity index (χ2n) is 6.32. The minimum Gasteiger partial charge on any atom is -0.363 e. The van der Waals surface area contributed by atoms with Gasteiger partial charge in [-0.25, -0.2) is 0 Å². The summed E-state index contributed by atoms with van der Waals surface area (Å²) in [5.41, 5.74) is 3.02. The molecule has 0 bridgehead atoms. The van der Waals surface area contributed by atoms with Gasteiger partial charge in [-0.1, -0.05) is 19.1 Å². The smallest absolute Gasteiger partial charge is 0.246 e. The zero-order chi connectivity index (χ0) is 15.6. The standard InChI is InChI=1S/C17H25N3O/c1-6-10-20(17(3,4)5)12-8-9-13-14(11-12)19-16(21)15(13)18-7-2/h6,8-9,11,15,18H,1,7,10H2,2-5H3,(H,19,21). The molecular weight excluding hydrogens is 262 g/mol. The Labute approximate surface area is 127 Å². The van der Waals surface area contributed by atoms with Crippen LogP contribution in [0.2, 0.25) is 0 Å². The van der Waals surface area contributed by atoms with E-state index in [1.807, 2.05) is 19.1 Å². The van der Waals surface area contributed by atoms with Crippen LogP contribution in [0, 0.1) is 0 Å². The summed E-state index contributed by atoms with van der Waals surface area (Å²) in [6, 6.07) is 5.94. The van der Waals surface area contributed by atoms with Gasteiger partial charge >= 0.3 is 0 Å². The summed E-state index contributed by atoms with van der Waals surface area (Å²) in [4.78, 5) is 14.3. The fraction of sp³-hybridized carbons (Fsp3) is 0.471. The minimum absolute atomic E-state index is 0.00783. The molecule has 0 aliphatic carbocycles. The summed E-state index contributed by atoms with van der Waals surface area (Å²) >= 11 is 0. The first kappa shape index (κ1) is 15.6. The number of carbonyl (C=O) groups is 1. The summed E-state index contributed by atoms with van der Waals surface area (Å²) in [6.45, 7) is 13.9. The molecule has 1 aliphatic heterocycles. The molecule has 0 saturated heterocycles. The molecule has 2 rings (SSSR count). The van der Waals surface area contributed by atoms with Crippen LogP contribution >= 0.6 is 0 Å². The van der Waals surface area contributed by atoms with Crippen LogP contribution in [0.15, 0.2) is 30.9 Å². The van der Waals surface area contributed by atoms with Gasteiger partial charge in [0.25, 0.3) is 0 Å². The second-order valence-corrected chi connectivity index (χ2v) is 6.32. The van der Waals surface area contributed by atoms with Crippen molar-refractivity contribution in [2.45, 2.75) is 39.3 Å². The molecule has 114 valence electrons. The van der Waals surface area contributed by atoms with Crippen LogP contribution in [0.3, 0.4) is 0 Å². The molecule has 1 heterocycles. The fourth-order valence-electron chi connectivity index (χ4n) is 2.72. The predicted molar refractivity (Wildman–Crippen MR) is 88.8 cm³/mol. The number of nitrogens with one attached hydrogen (secondary N) is 2. The number of fused-ring (bicyclic) bond motifs is 1. The maximum Gasteiger partial charge on any atom is 0.246 e. The second kappa shape index (κ2) is 5.90. The van der Waals surface area contributed by atoms with Gasteiger partial charge in [-0.2, -0.15) is 0 Å². The number of nitrogens with zero attached hydrogens (tertiary/aromatic N) is 1. The molecule has 4 nitrogen and oxygen atoms in total. The molecule has 1 aromatic carbocycles. The van der Waals surface area contributed by atoms with Crippen molar-refractivity contribution in [3.63, 3.8) is 0 Å². The molecule has 1 atom stereocenters. The van der Waals surface area contributed by atoms with Crippen LogP contribution < -0.4 is 15.5 Å². The third kappa shape index (κ3) is 3.10. The van der Waals surface area contributed by atoms with Crippen LogP contribution in [0.25, 0.3) is 0 Å². The van der Waals surface area contributed by atoms with Gasteiger partial charge in [-0.05, 0) is 39.4 Å². The van der Waals surface area contributed by atoms with E-state index in [0.29, 0.717) is 0 Å². The van der Waals surface area contributed by atoms with Crippen molar-refractivity contribution in [2.75, 3.05) is 23.3 Å². The fourth-order valence-corrected chi connectivity index (χ4v) is 2.72. The van der Waals surface area contributed by atoms with Crippen LogP contribution in [0.5, 0.6) is 0 Å². The molecule has 1 unspecified atom stereocenters. The molecular formula is C17H25N3O. The molecule has 0 saturated carbocycles. The Bertz CT molecular complexity index is 545. The van der Waals surface area contributed by atoms with Crippen molar-refractivity contribution in [1.82, 2.24) is 5.32 Å². The first-order valence-electron chi connectivity index (χ1n) is 7.45. The number of amides is 1. The highest BCUT2D eigenvalue weighted by Crippen LogP contribution is 2.35. The number of rotatable bonds is 5. The SMILES string of the molecule is C=CCN(c1ccc2c(c1)NC(=O)C2NCC)C(C)(C)C. The quantitative estimate of drug-likeness (QED) is 0.818. The van der Waals surface area contributed by atoms with E-state index < -0.39 is 0 Å². The summed E-state index contributed by atoms with van der Waals surface area (Å²) in [6.07, 6.45) is 1.90. The number of carbonyl (C=O) groups excluding carboxylic acids is 1. The van der Waals surface area contributed by atoms with Gasteiger partial charge in [-0.15, -0.1) is 6.58 Å². The lowest BCUT2D eigenvalue weighted by Crippen LogP contribution is -2.41. The van der Waals surface area contributed by atoms with Crippen LogP contribution in [-0.4, -0.2) is 24.5 Å². The van der Waals surface area contributed by atoms with Gasteiger partial charge in [0.2, 0.25) is 5.91 Å². The van der Waals surface area contributed by atoms with Crippen molar-refractivity contribution in [1.29, 1.82) is 0 Å². The Kier molecular flexibility index (Phi) is 4.37. The van der Waals surface area contributed by atoms with Crippen LogP contribution in [0.1, 0.15) is 39.3 Å². The van der Waals surface area contributed by atoms with Gasteiger partial charge in [0.15, 0.2) is 0 Å². The average molecular weight is 287 g/mol. The third-order valence-corrected chi connectivity index (χ3v) is 3.71. The summed E-state index contributed by atoms with van der Waals surface area (Å²) < 4.78 is 0. The van der Waals surface area contributed by atoms with Crippen molar-refractivity contribution in [3.8, 4) is 0 Å². The Balaban J connectivity index is 2.36. The zero-order valence-electron chi connectivity index (χ0n) is 13.4. The largest absolute Gasteiger partial charge is 0.363 e. The Morgan fingerprint density at radius 2 is 2.14 bits per heavy atom. The third-order valence-electron chi connectivity index (χ3n) is 3.71. The van der Waals surface area contributed by atoms with Gasteiger partial charge in [-0.3, -0.25) is 4.79 Å². The van der Waals surface area contributed by atoms with Crippen LogP contribution in [-0.2, 0) is 4.79 Å². The molecule has 4 heteroatoms. The number of benzene rings is 1. The van der Waals surface area contributed by atoms with Crippen molar-refractivity contribution in [2.24, 2.45) is 0 Å². The molecule has 2 N–H and O–H groups in total. The number of likely N-dealkylation sites (N-methyl/N-ethyl adjacent to an activating group) is 1. The van der Waals surface area contributed by atoms with E-state index >= 15 is 0 Å². The molecule has 0 fully saturated rings. The molecule has 0 radical (unpaired) electrons. The molecule has 0 aromatic heterocycles. The summed E-state index contributed by atoms with van der Waals surface area (Å²) in [7, 11) is 0. The first-order chi connectivity index (χ1) is 9.88. The van der Waals surface area contributed by atoms with Crippen molar-refractivity contribution < 1.29 is 4.79 Å². The van der Waals surface area contributed by atoms with E-state index in [-0.39, 0.29) is 17.5 Å². The van der Waals surface area contributed by atoms with E-state index in [0.717, 1.165) is 30.0 Å². The van der Waals surface area contributed by atoms with Gasteiger partial charge in [0, 0.05) is 29.0 Å². The lowest BCUT2D eigenvalue weighted by Gasteiger charge is -2.37. The summed E-state index contributed by atoms with van der Waals surface area (Å²) in [5.74, 6) is 0.0232. The zero-order valence-corrected chi connectivity index (χ0v) is 13.4. The van der Waals surface area contributed by atoms with E-state index in [1.54, 1.807) is 0 Å². The Morgan fingerprint density at radius 1 is 1.43 bits per heavy atom. The van der Waals surface area contributed by atoms with E-state index in [9.17, 15) is 4.79 Å². The molecule has 1 aromatic rings. The Hall–Kier alpha value is -1.81. The van der Waals surface area contributed by atoms with Gasteiger partial charge < -0.3 is 15.5 Å². The highest BCUT2D eigenvalue weighted by atomic mass is 16.2.